The second kappa shape index (κ2) is 12.3. The molecule has 0 unspecified atom stereocenters. The molecule has 0 saturated carbocycles. The molecule has 0 amide bonds. The molecule has 4 aromatic rings. The van der Waals surface area contributed by atoms with Gasteiger partial charge in [-0.2, -0.15) is 8.78 Å². The van der Waals surface area contributed by atoms with Crippen molar-refractivity contribution in [2.24, 2.45) is 4.99 Å². The molecule has 0 spiro atoms. The summed E-state index contributed by atoms with van der Waals surface area (Å²) >= 11 is 1.17. The highest BCUT2D eigenvalue weighted by atomic mass is 32.1. The molecule has 1 aliphatic rings. The molecular formula is C31H26F2N2O5S. The number of nitrogens with zero attached hydrogens (tertiary/aromatic N) is 2. The maximum Gasteiger partial charge on any atom is 0.387 e. The molecule has 5 rings (SSSR count). The Balaban J connectivity index is 1.72. The summed E-state index contributed by atoms with van der Waals surface area (Å²) in [5.74, 6) is 0.103. The Morgan fingerprint density at radius 3 is 2.29 bits per heavy atom. The van der Waals surface area contributed by atoms with Crippen molar-refractivity contribution in [2.75, 3.05) is 13.2 Å². The van der Waals surface area contributed by atoms with Crippen LogP contribution in [-0.4, -0.2) is 30.4 Å². The van der Waals surface area contributed by atoms with Gasteiger partial charge in [-0.1, -0.05) is 65.9 Å². The summed E-state index contributed by atoms with van der Waals surface area (Å²) in [6, 6.07) is 21.7. The van der Waals surface area contributed by atoms with E-state index >= 15 is 0 Å². The van der Waals surface area contributed by atoms with Crippen molar-refractivity contribution in [2.45, 2.75) is 26.5 Å². The fraction of sp³-hybridized carbons (Fsp3) is 0.194. The van der Waals surface area contributed by atoms with E-state index in [1.54, 1.807) is 37.3 Å². The van der Waals surface area contributed by atoms with Gasteiger partial charge in [0.05, 0.1) is 35.1 Å². The van der Waals surface area contributed by atoms with E-state index in [1.165, 1.54) is 28.0 Å². The molecule has 210 valence electrons. The van der Waals surface area contributed by atoms with E-state index in [-0.39, 0.29) is 23.5 Å². The summed E-state index contributed by atoms with van der Waals surface area (Å²) in [7, 11) is 0. The Bertz CT molecular complexity index is 1750. The average molecular weight is 577 g/mol. The lowest BCUT2D eigenvalue weighted by molar-refractivity contribution is -0.138. The summed E-state index contributed by atoms with van der Waals surface area (Å²) in [6.45, 7) is 1.32. The topological polar surface area (TPSA) is 79.1 Å². The van der Waals surface area contributed by atoms with Gasteiger partial charge in [-0.15, -0.1) is 0 Å². The zero-order valence-electron chi connectivity index (χ0n) is 22.3. The third-order valence-electron chi connectivity index (χ3n) is 6.28. The Kier molecular flexibility index (Phi) is 8.39. The van der Waals surface area contributed by atoms with Gasteiger partial charge in [0.25, 0.3) is 5.56 Å². The Morgan fingerprint density at radius 1 is 0.976 bits per heavy atom. The van der Waals surface area contributed by atoms with E-state index in [0.29, 0.717) is 44.1 Å². The van der Waals surface area contributed by atoms with Gasteiger partial charge in [-0.05, 0) is 55.3 Å². The first kappa shape index (κ1) is 28.0. The highest BCUT2D eigenvalue weighted by Crippen LogP contribution is 2.35. The van der Waals surface area contributed by atoms with Gasteiger partial charge in [0, 0.05) is 5.56 Å². The fourth-order valence-electron chi connectivity index (χ4n) is 4.57. The number of hydrogen-bond acceptors (Lipinski definition) is 7. The Hall–Kier alpha value is -4.57. The number of rotatable bonds is 9. The van der Waals surface area contributed by atoms with Crippen LogP contribution in [0.1, 0.15) is 36.6 Å². The number of benzene rings is 3. The second-order valence-electron chi connectivity index (χ2n) is 8.88. The number of carbonyl (C=O) groups is 1. The molecular weight excluding hydrogens is 550 g/mol. The minimum absolute atomic E-state index is 0.0145. The van der Waals surface area contributed by atoms with E-state index in [2.05, 4.69) is 4.74 Å². The molecule has 2 heterocycles. The molecule has 0 aliphatic carbocycles. The maximum atomic E-state index is 13.9. The minimum Gasteiger partial charge on any atom is -0.494 e. The number of fused-ring (bicyclic) bond motifs is 1. The molecule has 1 atom stereocenters. The van der Waals surface area contributed by atoms with Gasteiger partial charge >= 0.3 is 12.6 Å². The van der Waals surface area contributed by atoms with Crippen LogP contribution >= 0.6 is 11.3 Å². The van der Waals surface area contributed by atoms with Crippen LogP contribution < -0.4 is 24.4 Å². The van der Waals surface area contributed by atoms with Gasteiger partial charge in [-0.3, -0.25) is 9.36 Å². The van der Waals surface area contributed by atoms with Crippen LogP contribution in [0.4, 0.5) is 8.78 Å². The molecule has 10 heteroatoms. The largest absolute Gasteiger partial charge is 0.494 e. The molecule has 7 nitrogen and oxygen atoms in total. The second-order valence-corrected chi connectivity index (χ2v) is 9.89. The van der Waals surface area contributed by atoms with Crippen molar-refractivity contribution in [3.05, 3.63) is 121 Å². The van der Waals surface area contributed by atoms with Gasteiger partial charge in [0.1, 0.15) is 11.5 Å². The van der Waals surface area contributed by atoms with Crippen molar-refractivity contribution in [3.63, 3.8) is 0 Å². The maximum absolute atomic E-state index is 13.9. The zero-order chi connectivity index (χ0) is 28.9. The normalized spacial score (nSPS) is 15.0. The molecule has 1 aliphatic heterocycles. The molecule has 0 N–H and O–H groups in total. The highest BCUT2D eigenvalue weighted by Gasteiger charge is 2.35. The summed E-state index contributed by atoms with van der Waals surface area (Å²) in [5, 5.41) is 0. The van der Waals surface area contributed by atoms with Crippen molar-refractivity contribution in [3.8, 4) is 11.5 Å². The van der Waals surface area contributed by atoms with Crippen LogP contribution in [0.3, 0.4) is 0 Å². The number of alkyl halides is 2. The van der Waals surface area contributed by atoms with Crippen LogP contribution in [0.15, 0.2) is 94.2 Å². The predicted molar refractivity (Wildman–Crippen MR) is 152 cm³/mol. The van der Waals surface area contributed by atoms with Crippen molar-refractivity contribution < 1.29 is 27.8 Å². The Labute approximate surface area is 238 Å². The molecule has 3 aromatic carbocycles. The standard InChI is InChI=1S/C31H26F2N2O5S/c1-3-38-22-16-12-21(13-17-22)27-25(29(37)39-4-2)26(20-8-6-5-7-9-20)34-31-35(27)28(36)24(41-31)18-19-10-14-23(15-11-19)40-30(32)33/h5-18,27,30H,3-4H2,1-2H3/b24-18-/t27-/m0/s1. The molecule has 0 saturated heterocycles. The summed E-state index contributed by atoms with van der Waals surface area (Å²) in [4.78, 5) is 32.6. The molecule has 1 aromatic heterocycles. The number of halogens is 2. The summed E-state index contributed by atoms with van der Waals surface area (Å²) < 4.78 is 42.5. The number of hydrogen-bond donors (Lipinski definition) is 0. The summed E-state index contributed by atoms with van der Waals surface area (Å²) in [5.41, 5.74) is 2.32. The first-order valence-corrected chi connectivity index (χ1v) is 13.8. The Morgan fingerprint density at radius 2 is 1.66 bits per heavy atom. The molecule has 0 bridgehead atoms. The fourth-order valence-corrected chi connectivity index (χ4v) is 5.57. The number of thiazole rings is 1. The third kappa shape index (κ3) is 5.97. The smallest absolute Gasteiger partial charge is 0.387 e. The molecule has 0 fully saturated rings. The first-order chi connectivity index (χ1) is 19.9. The number of carbonyl (C=O) groups excluding carboxylic acids is 1. The third-order valence-corrected chi connectivity index (χ3v) is 7.27. The summed E-state index contributed by atoms with van der Waals surface area (Å²) in [6.07, 6.45) is 1.65. The van der Waals surface area contributed by atoms with E-state index in [9.17, 15) is 18.4 Å². The lowest BCUT2D eigenvalue weighted by atomic mass is 9.93. The van der Waals surface area contributed by atoms with E-state index in [1.807, 2.05) is 49.4 Å². The van der Waals surface area contributed by atoms with Gasteiger partial charge in [0.15, 0.2) is 4.80 Å². The monoisotopic (exact) mass is 576 g/mol. The van der Waals surface area contributed by atoms with E-state index < -0.39 is 18.6 Å². The van der Waals surface area contributed by atoms with Crippen LogP contribution in [0.25, 0.3) is 11.8 Å². The van der Waals surface area contributed by atoms with E-state index in [4.69, 9.17) is 14.5 Å². The van der Waals surface area contributed by atoms with Gasteiger partial charge < -0.3 is 14.2 Å². The lowest BCUT2D eigenvalue weighted by Crippen LogP contribution is -2.40. The molecule has 41 heavy (non-hydrogen) atoms. The first-order valence-electron chi connectivity index (χ1n) is 13.0. The lowest BCUT2D eigenvalue weighted by Gasteiger charge is -2.26. The van der Waals surface area contributed by atoms with Crippen molar-refractivity contribution >= 4 is 29.1 Å². The van der Waals surface area contributed by atoms with Gasteiger partial charge in [0.2, 0.25) is 0 Å². The number of ether oxygens (including phenoxy) is 3. The highest BCUT2D eigenvalue weighted by molar-refractivity contribution is 7.07. The van der Waals surface area contributed by atoms with Crippen molar-refractivity contribution in [1.82, 2.24) is 4.57 Å². The van der Waals surface area contributed by atoms with Crippen LogP contribution in [-0.2, 0) is 9.53 Å². The predicted octanol–water partition coefficient (Wildman–Crippen LogP) is 4.94. The van der Waals surface area contributed by atoms with Crippen molar-refractivity contribution in [1.29, 1.82) is 0 Å². The minimum atomic E-state index is -2.93. The number of aromatic nitrogens is 1. The van der Waals surface area contributed by atoms with Crippen LogP contribution in [0.5, 0.6) is 11.5 Å². The molecule has 0 radical (unpaired) electrons. The zero-order valence-corrected chi connectivity index (χ0v) is 23.1. The average Bonchev–Trinajstić information content (AvgIpc) is 3.28. The van der Waals surface area contributed by atoms with E-state index in [0.717, 1.165) is 0 Å². The van der Waals surface area contributed by atoms with Gasteiger partial charge in [-0.25, -0.2) is 9.79 Å². The SMILES string of the molecule is CCOC(=O)C1=C(c2ccccc2)N=c2s/c(=C\c3ccc(OC(F)F)cc3)c(=O)n2[C@H]1c1ccc(OCC)cc1. The number of esters is 1. The quantitative estimate of drug-likeness (QED) is 0.264. The van der Waals surface area contributed by atoms with Crippen LogP contribution in [0.2, 0.25) is 0 Å². The van der Waals surface area contributed by atoms with Crippen LogP contribution in [0, 0.1) is 0 Å².